The molecule has 1 fully saturated rings. The summed E-state index contributed by atoms with van der Waals surface area (Å²) < 4.78 is 11.6. The van der Waals surface area contributed by atoms with Crippen LogP contribution in [0.4, 0.5) is 5.69 Å². The second kappa shape index (κ2) is 9.62. The molecule has 0 bridgehead atoms. The van der Waals surface area contributed by atoms with Gasteiger partial charge in [0, 0.05) is 22.2 Å². The Bertz CT molecular complexity index is 1030. The second-order valence-electron chi connectivity index (χ2n) is 7.95. The number of piperidine rings is 1. The monoisotopic (exact) mass is 440 g/mol. The summed E-state index contributed by atoms with van der Waals surface area (Å²) in [7, 11) is 0. The van der Waals surface area contributed by atoms with Gasteiger partial charge in [-0.2, -0.15) is 0 Å². The highest BCUT2D eigenvalue weighted by atomic mass is 32.1. The van der Waals surface area contributed by atoms with Crippen molar-refractivity contribution >= 4 is 22.9 Å². The lowest BCUT2D eigenvalue weighted by Crippen LogP contribution is -2.38. The minimum Gasteiger partial charge on any atom is -0.491 e. The molecule has 3 aromatic rings. The van der Waals surface area contributed by atoms with Gasteiger partial charge in [-0.15, -0.1) is 11.3 Å². The van der Waals surface area contributed by atoms with Gasteiger partial charge in [0.15, 0.2) is 0 Å². The third-order valence-corrected chi connectivity index (χ3v) is 6.52. The van der Waals surface area contributed by atoms with Crippen LogP contribution in [0.3, 0.4) is 0 Å². The van der Waals surface area contributed by atoms with E-state index < -0.39 is 0 Å². The summed E-state index contributed by atoms with van der Waals surface area (Å²) in [6, 6.07) is 6.08. The van der Waals surface area contributed by atoms with Crippen LogP contribution in [0, 0.1) is 20.8 Å². The zero-order valence-electron chi connectivity index (χ0n) is 18.2. The SMILES string of the molecule is Cc1ncsc1CC(=O)Nc1ccc(OCC2CCCCN2)c(-c2c(C)noc2C)c1. The number of amides is 1. The molecular formula is C23H28N4O3S. The van der Waals surface area contributed by atoms with E-state index >= 15 is 0 Å². The number of hydrogen-bond acceptors (Lipinski definition) is 7. The van der Waals surface area contributed by atoms with Crippen molar-refractivity contribution in [3.63, 3.8) is 0 Å². The number of nitrogens with zero attached hydrogens (tertiary/aromatic N) is 2. The Morgan fingerprint density at radius 1 is 1.29 bits per heavy atom. The highest BCUT2D eigenvalue weighted by Gasteiger charge is 2.20. The van der Waals surface area contributed by atoms with E-state index in [1.54, 1.807) is 5.51 Å². The number of carbonyl (C=O) groups excluding carboxylic acids is 1. The van der Waals surface area contributed by atoms with Gasteiger partial charge in [0.25, 0.3) is 0 Å². The normalized spacial score (nSPS) is 16.3. The molecule has 1 atom stereocenters. The van der Waals surface area contributed by atoms with Crippen molar-refractivity contribution in [3.05, 3.63) is 45.7 Å². The van der Waals surface area contributed by atoms with Gasteiger partial charge in [-0.05, 0) is 58.4 Å². The van der Waals surface area contributed by atoms with Crippen LogP contribution in [0.5, 0.6) is 5.75 Å². The molecule has 0 spiro atoms. The van der Waals surface area contributed by atoms with Gasteiger partial charge in [0.1, 0.15) is 18.1 Å². The van der Waals surface area contributed by atoms with Crippen molar-refractivity contribution < 1.29 is 14.1 Å². The van der Waals surface area contributed by atoms with Gasteiger partial charge >= 0.3 is 0 Å². The summed E-state index contributed by atoms with van der Waals surface area (Å²) in [5.74, 6) is 1.41. The van der Waals surface area contributed by atoms with Gasteiger partial charge < -0.3 is 19.9 Å². The number of ether oxygens (including phenoxy) is 1. The fourth-order valence-electron chi connectivity index (χ4n) is 3.90. The second-order valence-corrected chi connectivity index (χ2v) is 8.89. The maximum atomic E-state index is 12.6. The molecule has 1 unspecified atom stereocenters. The summed E-state index contributed by atoms with van der Waals surface area (Å²) in [5.41, 5.74) is 5.95. The van der Waals surface area contributed by atoms with Crippen LogP contribution < -0.4 is 15.4 Å². The standard InChI is InChI=1S/C23H28N4O3S/c1-14-21(31-13-25-14)11-22(28)26-17-7-8-20(29-12-18-6-4-5-9-24-18)19(10-17)23-15(2)27-30-16(23)3/h7-8,10,13,18,24H,4-6,9,11-12H2,1-3H3,(H,26,28). The summed E-state index contributed by atoms with van der Waals surface area (Å²) in [6.07, 6.45) is 3.87. The highest BCUT2D eigenvalue weighted by molar-refractivity contribution is 7.09. The molecule has 7 nitrogen and oxygen atoms in total. The minimum absolute atomic E-state index is 0.0721. The number of carbonyl (C=O) groups is 1. The first-order valence-corrected chi connectivity index (χ1v) is 11.5. The third kappa shape index (κ3) is 5.14. The van der Waals surface area contributed by atoms with E-state index in [1.807, 2.05) is 39.0 Å². The molecular weight excluding hydrogens is 412 g/mol. The first-order valence-electron chi connectivity index (χ1n) is 10.6. The number of aromatic nitrogens is 2. The lowest BCUT2D eigenvalue weighted by atomic mass is 10.0. The molecule has 2 aromatic heterocycles. The van der Waals surface area contributed by atoms with Gasteiger partial charge in [0.2, 0.25) is 5.91 Å². The van der Waals surface area contributed by atoms with E-state index in [0.29, 0.717) is 24.8 Å². The van der Waals surface area contributed by atoms with E-state index in [2.05, 4.69) is 20.8 Å². The average Bonchev–Trinajstić information content (AvgIpc) is 3.32. The average molecular weight is 441 g/mol. The summed E-state index contributed by atoms with van der Waals surface area (Å²) >= 11 is 1.50. The lowest BCUT2D eigenvalue weighted by Gasteiger charge is -2.24. The van der Waals surface area contributed by atoms with Crippen molar-refractivity contribution in [3.8, 4) is 16.9 Å². The van der Waals surface area contributed by atoms with Crippen LogP contribution in [0.25, 0.3) is 11.1 Å². The molecule has 3 heterocycles. The molecule has 1 saturated heterocycles. The Morgan fingerprint density at radius 2 is 2.16 bits per heavy atom. The molecule has 1 aliphatic heterocycles. The molecule has 1 aliphatic rings. The molecule has 0 radical (unpaired) electrons. The quantitative estimate of drug-likeness (QED) is 0.565. The Hall–Kier alpha value is -2.71. The molecule has 0 aliphatic carbocycles. The fraction of sp³-hybridized carbons (Fsp3) is 0.435. The van der Waals surface area contributed by atoms with Crippen molar-refractivity contribution in [2.75, 3.05) is 18.5 Å². The molecule has 4 rings (SSSR count). The molecule has 31 heavy (non-hydrogen) atoms. The third-order valence-electron chi connectivity index (χ3n) is 5.58. The number of aryl methyl sites for hydroxylation is 3. The minimum atomic E-state index is -0.0721. The van der Waals surface area contributed by atoms with Gasteiger partial charge in [-0.1, -0.05) is 11.6 Å². The predicted octanol–water partition coefficient (Wildman–Crippen LogP) is 4.43. The van der Waals surface area contributed by atoms with Gasteiger partial charge in [0.05, 0.1) is 28.9 Å². The maximum absolute atomic E-state index is 12.6. The van der Waals surface area contributed by atoms with Crippen LogP contribution in [0.1, 0.15) is 41.3 Å². The Labute approximate surface area is 186 Å². The summed E-state index contributed by atoms with van der Waals surface area (Å²) in [4.78, 5) is 17.8. The Balaban J connectivity index is 1.55. The predicted molar refractivity (Wildman–Crippen MR) is 122 cm³/mol. The Morgan fingerprint density at radius 3 is 2.84 bits per heavy atom. The summed E-state index contributed by atoms with van der Waals surface area (Å²) in [5, 5.41) is 10.6. The van der Waals surface area contributed by atoms with Crippen molar-refractivity contribution in [1.29, 1.82) is 0 Å². The first kappa shape index (κ1) is 21.5. The topological polar surface area (TPSA) is 89.3 Å². The molecule has 1 aromatic carbocycles. The zero-order chi connectivity index (χ0) is 21.8. The molecule has 1 amide bonds. The number of rotatable bonds is 7. The van der Waals surface area contributed by atoms with Crippen LogP contribution in [-0.2, 0) is 11.2 Å². The number of anilines is 1. The van der Waals surface area contributed by atoms with Gasteiger partial charge in [-0.25, -0.2) is 4.98 Å². The van der Waals surface area contributed by atoms with E-state index in [1.165, 1.54) is 24.2 Å². The maximum Gasteiger partial charge on any atom is 0.229 e. The van der Waals surface area contributed by atoms with Crippen LogP contribution in [-0.4, -0.2) is 35.2 Å². The number of nitrogens with one attached hydrogen (secondary N) is 2. The van der Waals surface area contributed by atoms with Gasteiger partial charge in [-0.3, -0.25) is 4.79 Å². The number of thiazole rings is 1. The number of hydrogen-bond donors (Lipinski definition) is 2. The molecule has 2 N–H and O–H groups in total. The van der Waals surface area contributed by atoms with Crippen molar-refractivity contribution in [2.24, 2.45) is 0 Å². The molecule has 8 heteroatoms. The zero-order valence-corrected chi connectivity index (χ0v) is 19.0. The van der Waals surface area contributed by atoms with E-state index in [0.717, 1.165) is 51.9 Å². The van der Waals surface area contributed by atoms with Crippen LogP contribution in [0.2, 0.25) is 0 Å². The molecule has 164 valence electrons. The van der Waals surface area contributed by atoms with E-state index in [-0.39, 0.29) is 5.91 Å². The van der Waals surface area contributed by atoms with E-state index in [9.17, 15) is 4.79 Å². The smallest absolute Gasteiger partial charge is 0.229 e. The molecule has 0 saturated carbocycles. The first-order chi connectivity index (χ1) is 15.0. The number of benzene rings is 1. The largest absolute Gasteiger partial charge is 0.491 e. The van der Waals surface area contributed by atoms with E-state index in [4.69, 9.17) is 9.26 Å². The fourth-order valence-corrected chi connectivity index (χ4v) is 4.68. The van der Waals surface area contributed by atoms with Crippen molar-refractivity contribution in [2.45, 2.75) is 52.5 Å². The lowest BCUT2D eigenvalue weighted by molar-refractivity contribution is -0.115. The summed E-state index contributed by atoms with van der Waals surface area (Å²) in [6.45, 7) is 7.36. The van der Waals surface area contributed by atoms with Crippen LogP contribution in [0.15, 0.2) is 28.2 Å². The Kier molecular flexibility index (Phi) is 6.67. The van der Waals surface area contributed by atoms with Crippen LogP contribution >= 0.6 is 11.3 Å². The highest BCUT2D eigenvalue weighted by Crippen LogP contribution is 2.37. The van der Waals surface area contributed by atoms with Crippen molar-refractivity contribution in [1.82, 2.24) is 15.5 Å².